The van der Waals surface area contributed by atoms with Crippen molar-refractivity contribution in [2.75, 3.05) is 19.7 Å². The van der Waals surface area contributed by atoms with Gasteiger partial charge in [0.25, 0.3) is 0 Å². The Morgan fingerprint density at radius 1 is 1.14 bits per heavy atom. The first-order valence-electron chi connectivity index (χ1n) is 8.48. The Morgan fingerprint density at radius 3 is 2.38 bits per heavy atom. The highest BCUT2D eigenvalue weighted by Crippen LogP contribution is 2.36. The predicted molar refractivity (Wildman–Crippen MR) is 83.1 cm³/mol. The minimum Gasteiger partial charge on any atom is -0.444 e. The van der Waals surface area contributed by atoms with Gasteiger partial charge in [-0.05, 0) is 39.0 Å². The molecule has 0 bridgehead atoms. The van der Waals surface area contributed by atoms with Crippen molar-refractivity contribution in [1.82, 2.24) is 4.90 Å². The van der Waals surface area contributed by atoms with E-state index < -0.39 is 5.60 Å². The third-order valence-corrected chi connectivity index (χ3v) is 4.80. The van der Waals surface area contributed by atoms with Crippen LogP contribution >= 0.6 is 0 Å². The first-order chi connectivity index (χ1) is 9.89. The molecule has 1 saturated heterocycles. The summed E-state index contributed by atoms with van der Waals surface area (Å²) in [5.41, 5.74) is -0.455. The van der Waals surface area contributed by atoms with Crippen LogP contribution in [0.2, 0.25) is 0 Å². The molecule has 1 unspecified atom stereocenters. The second-order valence-electron chi connectivity index (χ2n) is 7.83. The molecule has 2 aliphatic rings. The van der Waals surface area contributed by atoms with Crippen LogP contribution < -0.4 is 0 Å². The van der Waals surface area contributed by atoms with Crippen molar-refractivity contribution in [3.05, 3.63) is 0 Å². The van der Waals surface area contributed by atoms with Gasteiger partial charge in [0.2, 0.25) is 0 Å². The predicted octanol–water partition coefficient (Wildman–Crippen LogP) is 3.43. The van der Waals surface area contributed by atoms with E-state index in [1.165, 1.54) is 32.1 Å². The van der Waals surface area contributed by atoms with Crippen LogP contribution in [0.15, 0.2) is 0 Å². The minimum absolute atomic E-state index is 0.169. The van der Waals surface area contributed by atoms with Crippen LogP contribution in [0.4, 0.5) is 4.79 Å². The summed E-state index contributed by atoms with van der Waals surface area (Å²) in [6, 6.07) is 0. The molecule has 2 fully saturated rings. The van der Waals surface area contributed by atoms with E-state index in [0.29, 0.717) is 12.5 Å². The number of rotatable bonds is 2. The van der Waals surface area contributed by atoms with Gasteiger partial charge in [-0.3, -0.25) is 0 Å². The van der Waals surface area contributed by atoms with Crippen LogP contribution in [-0.2, 0) is 4.74 Å². The highest BCUT2D eigenvalue weighted by atomic mass is 16.6. The second-order valence-corrected chi connectivity index (χ2v) is 7.83. The number of piperidine rings is 1. The summed E-state index contributed by atoms with van der Waals surface area (Å²) in [5.74, 6) is 1.46. The molecule has 1 amide bonds. The number of hydrogen-bond donors (Lipinski definition) is 1. The topological polar surface area (TPSA) is 49.8 Å². The number of carbonyl (C=O) groups excluding carboxylic acids is 1. The van der Waals surface area contributed by atoms with Crippen molar-refractivity contribution in [2.24, 2.45) is 17.8 Å². The average molecular weight is 297 g/mol. The van der Waals surface area contributed by atoms with E-state index >= 15 is 0 Å². The lowest BCUT2D eigenvalue weighted by Gasteiger charge is -2.41. The molecule has 0 spiro atoms. The molecule has 1 aliphatic heterocycles. The van der Waals surface area contributed by atoms with Gasteiger partial charge in [0.15, 0.2) is 0 Å². The number of likely N-dealkylation sites (tertiary alicyclic amines) is 1. The summed E-state index contributed by atoms with van der Waals surface area (Å²) in [6.45, 7) is 7.30. The number of carbonyl (C=O) groups is 1. The number of nitrogens with zero attached hydrogens (tertiary/aromatic N) is 1. The molecular formula is C17H31NO3. The van der Waals surface area contributed by atoms with Crippen molar-refractivity contribution in [3.63, 3.8) is 0 Å². The van der Waals surface area contributed by atoms with Gasteiger partial charge in [-0.25, -0.2) is 4.79 Å². The fourth-order valence-corrected chi connectivity index (χ4v) is 3.80. The SMILES string of the molecule is CC(C)(C)OC(=O)N1CC(C2CCCCC2)C[C@@H](CO)C1. The molecule has 1 aliphatic carbocycles. The monoisotopic (exact) mass is 297 g/mol. The Labute approximate surface area is 128 Å². The highest BCUT2D eigenvalue weighted by Gasteiger charge is 2.35. The van der Waals surface area contributed by atoms with Crippen LogP contribution in [0.25, 0.3) is 0 Å². The lowest BCUT2D eigenvalue weighted by Crippen LogP contribution is -2.48. The van der Waals surface area contributed by atoms with Crippen LogP contribution in [0, 0.1) is 17.8 Å². The third-order valence-electron chi connectivity index (χ3n) is 4.80. The van der Waals surface area contributed by atoms with E-state index in [-0.39, 0.29) is 18.6 Å². The van der Waals surface area contributed by atoms with Gasteiger partial charge in [0.1, 0.15) is 5.60 Å². The Hall–Kier alpha value is -0.770. The summed E-state index contributed by atoms with van der Waals surface area (Å²) in [4.78, 5) is 14.2. The van der Waals surface area contributed by atoms with Gasteiger partial charge in [0.05, 0.1) is 0 Å². The van der Waals surface area contributed by atoms with E-state index in [4.69, 9.17) is 4.74 Å². The lowest BCUT2D eigenvalue weighted by molar-refractivity contribution is -0.00328. The second kappa shape index (κ2) is 6.99. The Morgan fingerprint density at radius 2 is 1.81 bits per heavy atom. The Bertz CT molecular complexity index is 344. The first-order valence-corrected chi connectivity index (χ1v) is 8.48. The zero-order chi connectivity index (χ0) is 15.5. The number of aliphatic hydroxyl groups excluding tert-OH is 1. The molecule has 0 aromatic rings. The number of aliphatic hydroxyl groups is 1. The van der Waals surface area contributed by atoms with E-state index in [1.54, 1.807) is 0 Å². The molecule has 2 atom stereocenters. The maximum Gasteiger partial charge on any atom is 0.410 e. The highest BCUT2D eigenvalue weighted by molar-refractivity contribution is 5.68. The summed E-state index contributed by atoms with van der Waals surface area (Å²) in [6.07, 6.45) is 7.38. The molecule has 0 radical (unpaired) electrons. The lowest BCUT2D eigenvalue weighted by atomic mass is 9.74. The van der Waals surface area contributed by atoms with Crippen molar-refractivity contribution in [2.45, 2.75) is 64.9 Å². The van der Waals surface area contributed by atoms with E-state index in [2.05, 4.69) is 0 Å². The quantitative estimate of drug-likeness (QED) is 0.849. The largest absolute Gasteiger partial charge is 0.444 e. The standard InChI is InChI=1S/C17H31NO3/c1-17(2,3)21-16(20)18-10-13(12-19)9-15(11-18)14-7-5-4-6-8-14/h13-15,19H,4-12H2,1-3H3/t13-,15?/m1/s1. The van der Waals surface area contributed by atoms with E-state index in [9.17, 15) is 9.90 Å². The molecule has 4 nitrogen and oxygen atoms in total. The molecule has 4 heteroatoms. The minimum atomic E-state index is -0.455. The summed E-state index contributed by atoms with van der Waals surface area (Å²) in [5, 5.41) is 9.56. The fourth-order valence-electron chi connectivity index (χ4n) is 3.80. The van der Waals surface area contributed by atoms with Crippen molar-refractivity contribution < 1.29 is 14.6 Å². The average Bonchev–Trinajstić information content (AvgIpc) is 2.46. The zero-order valence-corrected chi connectivity index (χ0v) is 13.8. The molecule has 122 valence electrons. The van der Waals surface area contributed by atoms with Gasteiger partial charge >= 0.3 is 6.09 Å². The maximum absolute atomic E-state index is 12.3. The smallest absolute Gasteiger partial charge is 0.410 e. The number of ether oxygens (including phenoxy) is 1. The van der Waals surface area contributed by atoms with E-state index in [1.807, 2.05) is 25.7 Å². The Balaban J connectivity index is 1.99. The molecule has 1 N–H and O–H groups in total. The molecule has 21 heavy (non-hydrogen) atoms. The third kappa shape index (κ3) is 4.87. The molecule has 0 aromatic carbocycles. The molecule has 1 heterocycles. The molecule has 2 rings (SSSR count). The van der Waals surface area contributed by atoms with Crippen molar-refractivity contribution in [3.8, 4) is 0 Å². The van der Waals surface area contributed by atoms with Crippen LogP contribution in [0.1, 0.15) is 59.3 Å². The summed E-state index contributed by atoms with van der Waals surface area (Å²) in [7, 11) is 0. The normalized spacial score (nSPS) is 28.5. The van der Waals surface area contributed by atoms with Crippen LogP contribution in [0.5, 0.6) is 0 Å². The van der Waals surface area contributed by atoms with Crippen molar-refractivity contribution >= 4 is 6.09 Å². The maximum atomic E-state index is 12.3. The van der Waals surface area contributed by atoms with Gasteiger partial charge in [-0.2, -0.15) is 0 Å². The van der Waals surface area contributed by atoms with Gasteiger partial charge in [-0.15, -0.1) is 0 Å². The van der Waals surface area contributed by atoms with Crippen LogP contribution in [0.3, 0.4) is 0 Å². The van der Waals surface area contributed by atoms with Gasteiger partial charge < -0.3 is 14.7 Å². The summed E-state index contributed by atoms with van der Waals surface area (Å²) >= 11 is 0. The molecular weight excluding hydrogens is 266 g/mol. The summed E-state index contributed by atoms with van der Waals surface area (Å²) < 4.78 is 5.51. The molecule has 0 aromatic heterocycles. The van der Waals surface area contributed by atoms with Crippen molar-refractivity contribution in [1.29, 1.82) is 0 Å². The van der Waals surface area contributed by atoms with E-state index in [0.717, 1.165) is 18.9 Å². The Kier molecular flexibility index (Phi) is 5.53. The van der Waals surface area contributed by atoms with Gasteiger partial charge in [0, 0.05) is 25.6 Å². The number of hydrogen-bond acceptors (Lipinski definition) is 3. The number of amides is 1. The van der Waals surface area contributed by atoms with Gasteiger partial charge in [-0.1, -0.05) is 32.1 Å². The first kappa shape index (κ1) is 16.6. The van der Waals surface area contributed by atoms with Crippen LogP contribution in [-0.4, -0.2) is 41.4 Å². The molecule has 1 saturated carbocycles. The zero-order valence-electron chi connectivity index (χ0n) is 13.8. The fraction of sp³-hybridized carbons (Fsp3) is 0.941.